The van der Waals surface area contributed by atoms with Gasteiger partial charge in [-0.25, -0.2) is 0 Å². The van der Waals surface area contributed by atoms with E-state index in [0.717, 1.165) is 5.56 Å². The van der Waals surface area contributed by atoms with Crippen LogP contribution in [-0.2, 0) is 9.53 Å². The third-order valence-electron chi connectivity index (χ3n) is 4.41. The summed E-state index contributed by atoms with van der Waals surface area (Å²) >= 11 is 0. The lowest BCUT2D eigenvalue weighted by molar-refractivity contribution is -0.385. The van der Waals surface area contributed by atoms with Crippen molar-refractivity contribution < 1.29 is 19.2 Å². The molecule has 8 heteroatoms. The summed E-state index contributed by atoms with van der Waals surface area (Å²) in [5, 5.41) is 11.2. The minimum Gasteiger partial charge on any atom is -0.469 e. The molecule has 1 heterocycles. The number of nitrogens with zero attached hydrogens (tertiary/aromatic N) is 3. The van der Waals surface area contributed by atoms with Crippen molar-refractivity contribution in [2.24, 2.45) is 0 Å². The molecule has 0 N–H and O–H groups in total. The number of rotatable bonds is 5. The molecule has 1 aliphatic rings. The van der Waals surface area contributed by atoms with E-state index in [1.165, 1.54) is 13.2 Å². The average molecular weight is 349 g/mol. The van der Waals surface area contributed by atoms with Crippen LogP contribution in [0, 0.1) is 17.0 Å². The van der Waals surface area contributed by atoms with E-state index < -0.39 is 4.92 Å². The van der Waals surface area contributed by atoms with Crippen LogP contribution in [0.1, 0.15) is 29.3 Å². The van der Waals surface area contributed by atoms with Crippen molar-refractivity contribution in [3.63, 3.8) is 0 Å². The van der Waals surface area contributed by atoms with E-state index in [4.69, 9.17) is 0 Å². The minimum atomic E-state index is -0.524. The third-order valence-corrected chi connectivity index (χ3v) is 4.41. The number of hydrogen-bond donors (Lipinski definition) is 0. The smallest absolute Gasteiger partial charge is 0.306 e. The number of carbonyl (C=O) groups is 2. The molecule has 1 amide bonds. The van der Waals surface area contributed by atoms with Gasteiger partial charge in [0.1, 0.15) is 5.56 Å². The molecule has 136 valence electrons. The van der Waals surface area contributed by atoms with Crippen molar-refractivity contribution in [3.8, 4) is 0 Å². The van der Waals surface area contributed by atoms with Gasteiger partial charge >= 0.3 is 5.97 Å². The number of benzene rings is 1. The molecule has 1 fully saturated rings. The SMILES string of the molecule is COC(=O)CCN1CCN(C(=O)c2cc(C)ccc2[N+](=O)[O-])[C@@H](C)C1. The lowest BCUT2D eigenvalue weighted by Gasteiger charge is -2.39. The molecule has 0 saturated carbocycles. The molecular weight excluding hydrogens is 326 g/mol. The zero-order valence-electron chi connectivity index (χ0n) is 14.7. The Labute approximate surface area is 146 Å². The largest absolute Gasteiger partial charge is 0.469 e. The van der Waals surface area contributed by atoms with Gasteiger partial charge in [-0.05, 0) is 25.5 Å². The highest BCUT2D eigenvalue weighted by Crippen LogP contribution is 2.23. The second-order valence-electron chi connectivity index (χ2n) is 6.25. The highest BCUT2D eigenvalue weighted by molar-refractivity contribution is 5.98. The van der Waals surface area contributed by atoms with Crippen molar-refractivity contribution in [1.82, 2.24) is 9.80 Å². The fourth-order valence-electron chi connectivity index (χ4n) is 3.02. The van der Waals surface area contributed by atoms with E-state index >= 15 is 0 Å². The molecule has 0 aliphatic carbocycles. The molecule has 1 atom stereocenters. The predicted octanol–water partition coefficient (Wildman–Crippen LogP) is 1.61. The summed E-state index contributed by atoms with van der Waals surface area (Å²) in [5.74, 6) is -0.586. The van der Waals surface area contributed by atoms with Gasteiger partial charge in [0, 0.05) is 38.3 Å². The molecule has 1 saturated heterocycles. The van der Waals surface area contributed by atoms with Crippen molar-refractivity contribution in [3.05, 3.63) is 39.4 Å². The van der Waals surface area contributed by atoms with Crippen LogP contribution in [0.5, 0.6) is 0 Å². The third kappa shape index (κ3) is 4.54. The number of ether oxygens (including phenoxy) is 1. The Kier molecular flexibility index (Phi) is 6.08. The second kappa shape index (κ2) is 8.06. The standard InChI is InChI=1S/C17H23N3O5/c1-12-4-5-15(20(23)24)14(10-12)17(22)19-9-8-18(11-13(19)2)7-6-16(21)25-3/h4-5,10,13H,6-9,11H2,1-3H3/t13-/m0/s1. The quantitative estimate of drug-likeness (QED) is 0.455. The first-order chi connectivity index (χ1) is 11.8. The maximum atomic E-state index is 12.8. The Morgan fingerprint density at radius 3 is 2.68 bits per heavy atom. The first-order valence-corrected chi connectivity index (χ1v) is 8.18. The molecule has 1 aliphatic heterocycles. The summed E-state index contributed by atoms with van der Waals surface area (Å²) in [6.45, 7) is 5.98. The zero-order chi connectivity index (χ0) is 18.6. The maximum Gasteiger partial charge on any atom is 0.306 e. The fraction of sp³-hybridized carbons (Fsp3) is 0.529. The number of hydrogen-bond acceptors (Lipinski definition) is 6. The summed E-state index contributed by atoms with van der Waals surface area (Å²) < 4.78 is 4.64. The lowest BCUT2D eigenvalue weighted by atomic mass is 10.1. The monoisotopic (exact) mass is 349 g/mol. The topological polar surface area (TPSA) is 93.0 Å². The van der Waals surface area contributed by atoms with Crippen molar-refractivity contribution in [2.45, 2.75) is 26.3 Å². The summed E-state index contributed by atoms with van der Waals surface area (Å²) in [6, 6.07) is 4.47. The summed E-state index contributed by atoms with van der Waals surface area (Å²) in [6.07, 6.45) is 0.306. The van der Waals surface area contributed by atoms with Gasteiger partial charge in [-0.15, -0.1) is 0 Å². The number of aryl methyl sites for hydroxylation is 1. The molecule has 25 heavy (non-hydrogen) atoms. The number of piperazine rings is 1. The van der Waals surface area contributed by atoms with E-state index in [2.05, 4.69) is 9.64 Å². The van der Waals surface area contributed by atoms with Crippen LogP contribution >= 0.6 is 0 Å². The Morgan fingerprint density at radius 1 is 1.36 bits per heavy atom. The van der Waals surface area contributed by atoms with Gasteiger partial charge in [-0.1, -0.05) is 6.07 Å². The van der Waals surface area contributed by atoms with Crippen molar-refractivity contribution in [2.75, 3.05) is 33.3 Å². The molecule has 8 nitrogen and oxygen atoms in total. The van der Waals surface area contributed by atoms with Gasteiger partial charge in [-0.2, -0.15) is 0 Å². The number of nitro groups is 1. The van der Waals surface area contributed by atoms with Gasteiger partial charge < -0.3 is 9.64 Å². The fourth-order valence-corrected chi connectivity index (χ4v) is 3.02. The molecule has 0 bridgehead atoms. The van der Waals surface area contributed by atoms with E-state index in [0.29, 0.717) is 32.6 Å². The number of esters is 1. The van der Waals surface area contributed by atoms with Crippen LogP contribution in [0.25, 0.3) is 0 Å². The summed E-state index contributed by atoms with van der Waals surface area (Å²) in [5.41, 5.74) is 0.758. The summed E-state index contributed by atoms with van der Waals surface area (Å²) in [7, 11) is 1.36. The van der Waals surface area contributed by atoms with Crippen molar-refractivity contribution in [1.29, 1.82) is 0 Å². The predicted molar refractivity (Wildman–Crippen MR) is 91.4 cm³/mol. The molecular formula is C17H23N3O5. The minimum absolute atomic E-state index is 0.0981. The first-order valence-electron chi connectivity index (χ1n) is 8.18. The summed E-state index contributed by atoms with van der Waals surface area (Å²) in [4.78, 5) is 38.5. The van der Waals surface area contributed by atoms with Crippen LogP contribution in [0.4, 0.5) is 5.69 Å². The van der Waals surface area contributed by atoms with Gasteiger partial charge in [-0.3, -0.25) is 24.6 Å². The molecule has 0 unspecified atom stereocenters. The molecule has 0 aromatic heterocycles. The first kappa shape index (κ1) is 18.9. The van der Waals surface area contributed by atoms with Gasteiger partial charge in [0.05, 0.1) is 18.5 Å². The Bertz CT molecular complexity index is 676. The maximum absolute atomic E-state index is 12.8. The van der Waals surface area contributed by atoms with Gasteiger partial charge in [0.2, 0.25) is 0 Å². The van der Waals surface area contributed by atoms with E-state index in [-0.39, 0.29) is 29.2 Å². The molecule has 1 aromatic rings. The molecule has 1 aromatic carbocycles. The average Bonchev–Trinajstić information content (AvgIpc) is 2.58. The van der Waals surface area contributed by atoms with Crippen LogP contribution in [0.15, 0.2) is 18.2 Å². The van der Waals surface area contributed by atoms with E-state index in [1.54, 1.807) is 24.0 Å². The molecule has 2 rings (SSSR count). The Morgan fingerprint density at radius 2 is 2.08 bits per heavy atom. The number of amides is 1. The van der Waals surface area contributed by atoms with Crippen LogP contribution in [-0.4, -0.2) is 65.9 Å². The van der Waals surface area contributed by atoms with Crippen LogP contribution in [0.2, 0.25) is 0 Å². The zero-order valence-corrected chi connectivity index (χ0v) is 14.7. The second-order valence-corrected chi connectivity index (χ2v) is 6.25. The number of methoxy groups -OCH3 is 1. The van der Waals surface area contributed by atoms with Crippen LogP contribution < -0.4 is 0 Å². The van der Waals surface area contributed by atoms with Gasteiger partial charge in [0.15, 0.2) is 0 Å². The highest BCUT2D eigenvalue weighted by atomic mass is 16.6. The Hall–Kier alpha value is -2.48. The molecule has 0 radical (unpaired) electrons. The number of carbonyl (C=O) groups excluding carboxylic acids is 2. The number of nitro benzene ring substituents is 1. The Balaban J connectivity index is 2.08. The van der Waals surface area contributed by atoms with Crippen molar-refractivity contribution >= 4 is 17.6 Å². The van der Waals surface area contributed by atoms with Gasteiger partial charge in [0.25, 0.3) is 11.6 Å². The lowest BCUT2D eigenvalue weighted by Crippen LogP contribution is -2.54. The normalized spacial score (nSPS) is 18.0. The highest BCUT2D eigenvalue weighted by Gasteiger charge is 2.31. The van der Waals surface area contributed by atoms with E-state index in [9.17, 15) is 19.7 Å². The molecule has 0 spiro atoms. The van der Waals surface area contributed by atoms with E-state index in [1.807, 2.05) is 6.92 Å². The van der Waals surface area contributed by atoms with Crippen LogP contribution in [0.3, 0.4) is 0 Å².